The monoisotopic (exact) mass is 243 g/mol. The van der Waals surface area contributed by atoms with Gasteiger partial charge in [0.2, 0.25) is 0 Å². The van der Waals surface area contributed by atoms with Crippen LogP contribution in [0.5, 0.6) is 0 Å². The predicted molar refractivity (Wildman–Crippen MR) is 69.9 cm³/mol. The average molecular weight is 243 g/mol. The van der Waals surface area contributed by atoms with E-state index >= 15 is 0 Å². The summed E-state index contributed by atoms with van der Waals surface area (Å²) in [6, 6.07) is 4.28. The van der Waals surface area contributed by atoms with Crippen molar-refractivity contribution in [3.05, 3.63) is 24.2 Å². The molecule has 2 aromatic rings. The number of anilines is 1. The van der Waals surface area contributed by atoms with E-state index in [9.17, 15) is 0 Å². The first kappa shape index (κ1) is 11.2. The third kappa shape index (κ3) is 1.85. The van der Waals surface area contributed by atoms with Crippen LogP contribution in [0.3, 0.4) is 0 Å². The van der Waals surface area contributed by atoms with Gasteiger partial charge >= 0.3 is 0 Å². The number of hydrogen-bond acceptors (Lipinski definition) is 4. The smallest absolute Gasteiger partial charge is 0.182 e. The second-order valence-electron chi connectivity index (χ2n) is 4.86. The Morgan fingerprint density at radius 1 is 1.22 bits per heavy atom. The van der Waals surface area contributed by atoms with E-state index in [-0.39, 0.29) is 0 Å². The van der Waals surface area contributed by atoms with Crippen molar-refractivity contribution >= 4 is 5.69 Å². The molecule has 1 fully saturated rings. The van der Waals surface area contributed by atoms with E-state index in [1.54, 1.807) is 6.20 Å². The number of nitrogens with zero attached hydrogens (tertiary/aromatic N) is 4. The highest BCUT2D eigenvalue weighted by Gasteiger charge is 2.23. The molecule has 0 spiro atoms. The van der Waals surface area contributed by atoms with Crippen LogP contribution in [0.15, 0.2) is 18.3 Å². The molecule has 0 saturated heterocycles. The van der Waals surface area contributed by atoms with Crippen LogP contribution in [0.1, 0.15) is 37.5 Å². The van der Waals surface area contributed by atoms with E-state index in [1.807, 2.05) is 19.1 Å². The average Bonchev–Trinajstić information content (AvgIpc) is 2.99. The van der Waals surface area contributed by atoms with Gasteiger partial charge in [-0.15, -0.1) is 10.2 Å². The normalized spacial score (nSPS) is 16.3. The van der Waals surface area contributed by atoms with Gasteiger partial charge in [-0.2, -0.15) is 0 Å². The van der Waals surface area contributed by atoms with Gasteiger partial charge in [-0.3, -0.25) is 4.98 Å². The maximum Gasteiger partial charge on any atom is 0.182 e. The van der Waals surface area contributed by atoms with Crippen molar-refractivity contribution in [2.24, 2.45) is 0 Å². The third-order valence-electron chi connectivity index (χ3n) is 3.57. The number of nitrogens with two attached hydrogens (primary N) is 1. The maximum absolute atomic E-state index is 5.66. The van der Waals surface area contributed by atoms with Crippen molar-refractivity contribution in [2.75, 3.05) is 5.73 Å². The molecule has 0 unspecified atom stereocenters. The summed E-state index contributed by atoms with van der Waals surface area (Å²) in [6.07, 6.45) is 6.66. The van der Waals surface area contributed by atoms with Crippen LogP contribution in [0.2, 0.25) is 0 Å². The summed E-state index contributed by atoms with van der Waals surface area (Å²) < 4.78 is 2.23. The number of hydrogen-bond donors (Lipinski definition) is 1. The first-order valence-corrected chi connectivity index (χ1v) is 6.39. The van der Waals surface area contributed by atoms with Gasteiger partial charge in [-0.05, 0) is 31.9 Å². The van der Waals surface area contributed by atoms with Crippen LogP contribution in [0, 0.1) is 6.92 Å². The fraction of sp³-hybridized carbons (Fsp3) is 0.462. The van der Waals surface area contributed by atoms with Gasteiger partial charge in [0.25, 0.3) is 0 Å². The molecule has 94 valence electrons. The van der Waals surface area contributed by atoms with Crippen molar-refractivity contribution in [1.82, 2.24) is 19.7 Å². The van der Waals surface area contributed by atoms with Gasteiger partial charge in [-0.25, -0.2) is 0 Å². The molecule has 0 radical (unpaired) electrons. The maximum atomic E-state index is 5.66. The van der Waals surface area contributed by atoms with Crippen LogP contribution in [0.25, 0.3) is 11.5 Å². The minimum absolute atomic E-state index is 0.523. The highest BCUT2D eigenvalue weighted by atomic mass is 15.3. The Balaban J connectivity index is 2.04. The van der Waals surface area contributed by atoms with Crippen molar-refractivity contribution in [3.63, 3.8) is 0 Å². The first-order valence-electron chi connectivity index (χ1n) is 6.39. The van der Waals surface area contributed by atoms with Crippen LogP contribution in [0.4, 0.5) is 5.69 Å². The highest BCUT2D eigenvalue weighted by Crippen LogP contribution is 2.33. The molecule has 0 bridgehead atoms. The molecule has 5 nitrogen and oxygen atoms in total. The van der Waals surface area contributed by atoms with Gasteiger partial charge < -0.3 is 10.3 Å². The summed E-state index contributed by atoms with van der Waals surface area (Å²) in [5.74, 6) is 1.83. The van der Waals surface area contributed by atoms with Crippen molar-refractivity contribution in [2.45, 2.75) is 38.6 Å². The van der Waals surface area contributed by atoms with E-state index in [0.717, 1.165) is 17.3 Å². The number of rotatable bonds is 2. The molecule has 18 heavy (non-hydrogen) atoms. The summed E-state index contributed by atoms with van der Waals surface area (Å²) in [7, 11) is 0. The number of pyridine rings is 1. The van der Waals surface area contributed by atoms with Crippen molar-refractivity contribution in [3.8, 4) is 11.5 Å². The largest absolute Gasteiger partial charge is 0.397 e. The number of aromatic nitrogens is 4. The lowest BCUT2D eigenvalue weighted by molar-refractivity contribution is 0.510. The lowest BCUT2D eigenvalue weighted by Gasteiger charge is -2.15. The first-order chi connectivity index (χ1) is 8.75. The zero-order valence-electron chi connectivity index (χ0n) is 10.5. The van der Waals surface area contributed by atoms with E-state index in [2.05, 4.69) is 19.7 Å². The molecule has 2 aromatic heterocycles. The molecule has 0 atom stereocenters. The van der Waals surface area contributed by atoms with Gasteiger partial charge in [0.05, 0.1) is 11.9 Å². The summed E-state index contributed by atoms with van der Waals surface area (Å²) in [5.41, 5.74) is 7.18. The molecule has 0 aliphatic heterocycles. The molecule has 0 aromatic carbocycles. The molecular weight excluding hydrogens is 226 g/mol. The molecule has 1 aliphatic carbocycles. The summed E-state index contributed by atoms with van der Waals surface area (Å²) in [6.45, 7) is 2.01. The molecule has 3 rings (SSSR count). The van der Waals surface area contributed by atoms with E-state index < -0.39 is 0 Å². The molecule has 1 aliphatic rings. The highest BCUT2D eigenvalue weighted by molar-refractivity contribution is 5.53. The fourth-order valence-electron chi connectivity index (χ4n) is 2.68. The molecule has 2 N–H and O–H groups in total. The van der Waals surface area contributed by atoms with Crippen LogP contribution >= 0.6 is 0 Å². The fourth-order valence-corrected chi connectivity index (χ4v) is 2.68. The SMILES string of the molecule is Cc1nnc(-c2ccc(N)cn2)n1C1CCCC1. The lowest BCUT2D eigenvalue weighted by Crippen LogP contribution is -2.09. The lowest BCUT2D eigenvalue weighted by atomic mass is 10.2. The summed E-state index contributed by atoms with van der Waals surface area (Å²) in [4.78, 5) is 4.35. The van der Waals surface area contributed by atoms with Gasteiger partial charge in [0, 0.05) is 6.04 Å². The third-order valence-corrected chi connectivity index (χ3v) is 3.57. The number of aryl methyl sites for hydroxylation is 1. The van der Waals surface area contributed by atoms with Gasteiger partial charge in [0.15, 0.2) is 5.82 Å². The summed E-state index contributed by atoms with van der Waals surface area (Å²) in [5, 5.41) is 8.47. The second kappa shape index (κ2) is 4.40. The Morgan fingerprint density at radius 2 is 2.00 bits per heavy atom. The standard InChI is InChI=1S/C13H17N5/c1-9-16-17-13(12-7-6-10(14)8-15-12)18(9)11-4-2-3-5-11/h6-8,11H,2-5,14H2,1H3. The van der Waals surface area contributed by atoms with Gasteiger partial charge in [-0.1, -0.05) is 12.8 Å². The summed E-state index contributed by atoms with van der Waals surface area (Å²) >= 11 is 0. The predicted octanol–water partition coefficient (Wildman–Crippen LogP) is 2.35. The molecule has 2 heterocycles. The Hall–Kier alpha value is -1.91. The van der Waals surface area contributed by atoms with E-state index in [4.69, 9.17) is 5.73 Å². The van der Waals surface area contributed by atoms with Crippen LogP contribution in [-0.2, 0) is 0 Å². The minimum atomic E-state index is 0.523. The minimum Gasteiger partial charge on any atom is -0.397 e. The van der Waals surface area contributed by atoms with E-state index in [1.165, 1.54) is 25.7 Å². The quantitative estimate of drug-likeness (QED) is 0.879. The zero-order chi connectivity index (χ0) is 12.5. The Labute approximate surface area is 106 Å². The molecule has 0 amide bonds. The van der Waals surface area contributed by atoms with Crippen LogP contribution in [-0.4, -0.2) is 19.7 Å². The zero-order valence-corrected chi connectivity index (χ0v) is 10.5. The second-order valence-corrected chi connectivity index (χ2v) is 4.86. The van der Waals surface area contributed by atoms with Crippen LogP contribution < -0.4 is 5.73 Å². The Morgan fingerprint density at radius 3 is 2.67 bits per heavy atom. The molecular formula is C13H17N5. The number of nitrogen functional groups attached to an aromatic ring is 1. The van der Waals surface area contributed by atoms with Crippen molar-refractivity contribution in [1.29, 1.82) is 0 Å². The molecule has 5 heteroatoms. The Bertz CT molecular complexity index is 537. The Kier molecular flexibility index (Phi) is 2.74. The topological polar surface area (TPSA) is 69.6 Å². The van der Waals surface area contributed by atoms with Gasteiger partial charge in [0.1, 0.15) is 11.5 Å². The van der Waals surface area contributed by atoms with Crippen molar-refractivity contribution < 1.29 is 0 Å². The molecule has 1 saturated carbocycles. The van der Waals surface area contributed by atoms with E-state index in [0.29, 0.717) is 11.7 Å².